The van der Waals surface area contributed by atoms with E-state index < -0.39 is 22.0 Å². The first-order chi connectivity index (χ1) is 8.07. The maximum absolute atomic E-state index is 11.5. The zero-order valence-electron chi connectivity index (χ0n) is 9.02. The first-order valence-corrected chi connectivity index (χ1v) is 7.19. The molecule has 1 aliphatic rings. The minimum atomic E-state index is -3.14. The molecule has 0 saturated carbocycles. The molecule has 0 spiro atoms. The number of sulfone groups is 1. The summed E-state index contributed by atoms with van der Waals surface area (Å²) in [6.07, 6.45) is 0.747. The molecule has 1 aromatic heterocycles. The molecular weight excluding hydrogens is 240 g/mol. The lowest BCUT2D eigenvalue weighted by molar-refractivity contribution is 0.155. The van der Waals surface area contributed by atoms with E-state index in [0.29, 0.717) is 0 Å². The SMILES string of the molecule is O=S1(=O)CC(n2cnc3ccccc32)[C@H](O)C1. The van der Waals surface area contributed by atoms with Crippen molar-refractivity contribution in [3.8, 4) is 0 Å². The monoisotopic (exact) mass is 252 g/mol. The molecule has 0 aliphatic carbocycles. The number of fused-ring (bicyclic) bond motifs is 1. The molecule has 5 nitrogen and oxygen atoms in total. The van der Waals surface area contributed by atoms with Crippen molar-refractivity contribution in [3.63, 3.8) is 0 Å². The third kappa shape index (κ3) is 1.73. The highest BCUT2D eigenvalue weighted by molar-refractivity contribution is 7.91. The molecule has 1 N–H and O–H groups in total. The summed E-state index contributed by atoms with van der Waals surface area (Å²) >= 11 is 0. The highest BCUT2D eigenvalue weighted by Crippen LogP contribution is 2.27. The lowest BCUT2D eigenvalue weighted by Crippen LogP contribution is -2.21. The lowest BCUT2D eigenvalue weighted by atomic mass is 10.2. The number of hydrogen-bond donors (Lipinski definition) is 1. The largest absolute Gasteiger partial charge is 0.390 e. The van der Waals surface area contributed by atoms with Crippen molar-refractivity contribution < 1.29 is 13.5 Å². The Bertz CT molecular complexity index is 662. The molecule has 0 radical (unpaired) electrons. The van der Waals surface area contributed by atoms with Crippen molar-refractivity contribution in [1.82, 2.24) is 9.55 Å². The maximum Gasteiger partial charge on any atom is 0.155 e. The molecule has 90 valence electrons. The zero-order valence-corrected chi connectivity index (χ0v) is 9.84. The van der Waals surface area contributed by atoms with Crippen molar-refractivity contribution in [1.29, 1.82) is 0 Å². The molecule has 0 bridgehead atoms. The molecule has 3 rings (SSSR count). The molecular formula is C11H12N2O3S. The van der Waals surface area contributed by atoms with Crippen LogP contribution in [0.4, 0.5) is 0 Å². The normalized spacial score (nSPS) is 27.6. The van der Waals surface area contributed by atoms with Crippen molar-refractivity contribution in [2.24, 2.45) is 0 Å². The summed E-state index contributed by atoms with van der Waals surface area (Å²) in [5.41, 5.74) is 1.66. The van der Waals surface area contributed by atoms with Gasteiger partial charge in [-0.15, -0.1) is 0 Å². The predicted molar refractivity (Wildman–Crippen MR) is 63.4 cm³/mol. The third-order valence-electron chi connectivity index (χ3n) is 3.13. The second-order valence-electron chi connectivity index (χ2n) is 4.35. The Labute approximate surface area is 98.6 Å². The first-order valence-electron chi connectivity index (χ1n) is 5.37. The van der Waals surface area contributed by atoms with Gasteiger partial charge in [-0.1, -0.05) is 12.1 Å². The number of aromatic nitrogens is 2. The predicted octanol–water partition coefficient (Wildman–Crippen LogP) is 0.367. The maximum atomic E-state index is 11.5. The van der Waals surface area contributed by atoms with Gasteiger partial charge in [0.25, 0.3) is 0 Å². The van der Waals surface area contributed by atoms with Crippen LogP contribution in [-0.4, -0.2) is 40.7 Å². The molecule has 1 fully saturated rings. The number of rotatable bonds is 1. The number of aliphatic hydroxyl groups is 1. The third-order valence-corrected chi connectivity index (χ3v) is 4.83. The van der Waals surface area contributed by atoms with E-state index in [-0.39, 0.29) is 11.5 Å². The smallest absolute Gasteiger partial charge is 0.155 e. The highest BCUT2D eigenvalue weighted by atomic mass is 32.2. The molecule has 17 heavy (non-hydrogen) atoms. The van der Waals surface area contributed by atoms with Gasteiger partial charge in [0.1, 0.15) is 0 Å². The molecule has 2 heterocycles. The van der Waals surface area contributed by atoms with Gasteiger partial charge in [0.15, 0.2) is 9.84 Å². The van der Waals surface area contributed by atoms with Crippen molar-refractivity contribution in [2.75, 3.05) is 11.5 Å². The first kappa shape index (κ1) is 10.7. The number of benzene rings is 1. The van der Waals surface area contributed by atoms with E-state index in [1.165, 1.54) is 0 Å². The summed E-state index contributed by atoms with van der Waals surface area (Å²) in [5, 5.41) is 9.83. The van der Waals surface area contributed by atoms with E-state index in [2.05, 4.69) is 4.98 Å². The molecule has 1 aliphatic heterocycles. The number of hydrogen-bond acceptors (Lipinski definition) is 4. The topological polar surface area (TPSA) is 72.2 Å². The van der Waals surface area contributed by atoms with Gasteiger partial charge in [-0.3, -0.25) is 0 Å². The van der Waals surface area contributed by atoms with Gasteiger partial charge in [0.2, 0.25) is 0 Å². The number of nitrogens with zero attached hydrogens (tertiary/aromatic N) is 2. The fraction of sp³-hybridized carbons (Fsp3) is 0.364. The van der Waals surface area contributed by atoms with Crippen LogP contribution in [0.15, 0.2) is 30.6 Å². The number of para-hydroxylation sites is 2. The second-order valence-corrected chi connectivity index (χ2v) is 6.51. The Balaban J connectivity index is 2.11. The van der Waals surface area contributed by atoms with Crippen LogP contribution < -0.4 is 0 Å². The molecule has 2 aromatic rings. The van der Waals surface area contributed by atoms with Crippen molar-refractivity contribution in [2.45, 2.75) is 12.1 Å². The summed E-state index contributed by atoms with van der Waals surface area (Å²) in [5.74, 6) is -0.182. The van der Waals surface area contributed by atoms with Gasteiger partial charge in [-0.2, -0.15) is 0 Å². The van der Waals surface area contributed by atoms with Crippen LogP contribution in [0.5, 0.6) is 0 Å². The average Bonchev–Trinajstić information content (AvgIpc) is 2.79. The van der Waals surface area contributed by atoms with Gasteiger partial charge >= 0.3 is 0 Å². The van der Waals surface area contributed by atoms with E-state index in [1.807, 2.05) is 24.3 Å². The Kier molecular flexibility index (Phi) is 2.24. The quantitative estimate of drug-likeness (QED) is 0.795. The van der Waals surface area contributed by atoms with E-state index >= 15 is 0 Å². The van der Waals surface area contributed by atoms with Gasteiger partial charge in [-0.05, 0) is 12.1 Å². The molecule has 1 unspecified atom stereocenters. The van der Waals surface area contributed by atoms with Crippen LogP contribution in [-0.2, 0) is 9.84 Å². The molecule has 6 heteroatoms. The minimum Gasteiger partial charge on any atom is -0.390 e. The summed E-state index contributed by atoms with van der Waals surface area (Å²) < 4.78 is 24.7. The molecule has 1 saturated heterocycles. The highest BCUT2D eigenvalue weighted by Gasteiger charge is 2.37. The summed E-state index contributed by atoms with van der Waals surface area (Å²) in [6, 6.07) is 7.06. The van der Waals surface area contributed by atoms with E-state index in [9.17, 15) is 13.5 Å². The van der Waals surface area contributed by atoms with E-state index in [0.717, 1.165) is 11.0 Å². The Morgan fingerprint density at radius 2 is 2.06 bits per heavy atom. The van der Waals surface area contributed by atoms with Crippen LogP contribution in [0.3, 0.4) is 0 Å². The summed E-state index contributed by atoms with van der Waals surface area (Å²) in [7, 11) is -3.14. The zero-order chi connectivity index (χ0) is 12.0. The molecule has 0 amide bonds. The Morgan fingerprint density at radius 1 is 1.29 bits per heavy atom. The summed E-state index contributed by atoms with van der Waals surface area (Å²) in [4.78, 5) is 4.20. The fourth-order valence-electron chi connectivity index (χ4n) is 2.32. The molecule has 2 atom stereocenters. The average molecular weight is 252 g/mol. The number of imidazole rings is 1. The standard InChI is InChI=1S/C11H12N2O3S/c14-11-6-17(15,16)5-10(11)13-7-12-8-3-1-2-4-9(8)13/h1-4,7,10-11,14H,5-6H2/t10?,11-/m1/s1. The van der Waals surface area contributed by atoms with Crippen molar-refractivity contribution >= 4 is 20.9 Å². The van der Waals surface area contributed by atoms with E-state index in [4.69, 9.17) is 0 Å². The van der Waals surface area contributed by atoms with Gasteiger partial charge < -0.3 is 9.67 Å². The molecule has 1 aromatic carbocycles. The van der Waals surface area contributed by atoms with Crippen LogP contribution >= 0.6 is 0 Å². The van der Waals surface area contributed by atoms with Crippen LogP contribution in [0.2, 0.25) is 0 Å². The van der Waals surface area contributed by atoms with Crippen LogP contribution in [0.25, 0.3) is 11.0 Å². The minimum absolute atomic E-state index is 0.0193. The van der Waals surface area contributed by atoms with Crippen LogP contribution in [0.1, 0.15) is 6.04 Å². The summed E-state index contributed by atoms with van der Waals surface area (Å²) in [6.45, 7) is 0. The lowest BCUT2D eigenvalue weighted by Gasteiger charge is -2.15. The van der Waals surface area contributed by atoms with Gasteiger partial charge in [0, 0.05) is 0 Å². The fourth-order valence-corrected chi connectivity index (χ4v) is 4.10. The van der Waals surface area contributed by atoms with Crippen molar-refractivity contribution in [3.05, 3.63) is 30.6 Å². The Hall–Kier alpha value is -1.40. The van der Waals surface area contributed by atoms with Gasteiger partial charge in [-0.25, -0.2) is 13.4 Å². The van der Waals surface area contributed by atoms with Crippen LogP contribution in [0, 0.1) is 0 Å². The number of aliphatic hydroxyl groups excluding tert-OH is 1. The van der Waals surface area contributed by atoms with E-state index in [1.54, 1.807) is 10.9 Å². The van der Waals surface area contributed by atoms with Gasteiger partial charge in [0.05, 0.1) is 41.0 Å². The second kappa shape index (κ2) is 3.54. The Morgan fingerprint density at radius 3 is 2.76 bits per heavy atom.